The van der Waals surface area contributed by atoms with Gasteiger partial charge in [0.25, 0.3) is 0 Å². The monoisotopic (exact) mass is 418 g/mol. The lowest BCUT2D eigenvalue weighted by Gasteiger charge is -2.14. The molecule has 0 aliphatic rings. The number of hydrogen-bond donors (Lipinski definition) is 1. The van der Waals surface area contributed by atoms with E-state index in [-0.39, 0.29) is 0 Å². The first-order valence-electron chi connectivity index (χ1n) is 8.98. The topological polar surface area (TPSA) is 55.1 Å². The fourth-order valence-electron chi connectivity index (χ4n) is 3.08. The van der Waals surface area contributed by atoms with Gasteiger partial charge in [0.05, 0.1) is 23.3 Å². The Morgan fingerprint density at radius 1 is 1.35 bits per heavy atom. The molecule has 0 saturated heterocycles. The Bertz CT molecular complexity index is 847. The van der Waals surface area contributed by atoms with Crippen LogP contribution in [0.3, 0.4) is 0 Å². The lowest BCUT2D eigenvalue weighted by Crippen LogP contribution is -2.07. The second kappa shape index (κ2) is 9.17. The van der Waals surface area contributed by atoms with E-state index in [1.165, 1.54) is 11.1 Å². The maximum Gasteiger partial charge on any atom is 0.335 e. The molecular formula is C21H27BrN2O2. The normalized spacial score (nSPS) is 13.0. The maximum atomic E-state index is 11.2. The van der Waals surface area contributed by atoms with Crippen molar-refractivity contribution in [2.45, 2.75) is 47.1 Å². The number of aryl methyl sites for hydroxylation is 1. The molecule has 26 heavy (non-hydrogen) atoms. The van der Waals surface area contributed by atoms with Crippen molar-refractivity contribution < 1.29 is 9.90 Å². The largest absolute Gasteiger partial charge is 0.478 e. The molecule has 0 bridgehead atoms. The Balaban J connectivity index is 2.37. The minimum Gasteiger partial charge on any atom is -0.478 e. The number of allylic oxidation sites excluding steroid dienone is 4. The van der Waals surface area contributed by atoms with Crippen molar-refractivity contribution in [1.82, 2.24) is 9.78 Å². The summed E-state index contributed by atoms with van der Waals surface area (Å²) in [5, 5.41) is 15.6. The first kappa shape index (κ1) is 20.4. The van der Waals surface area contributed by atoms with Gasteiger partial charge in [-0.05, 0) is 62.0 Å². The number of benzene rings is 1. The first-order chi connectivity index (χ1) is 12.4. The highest BCUT2D eigenvalue weighted by molar-refractivity contribution is 9.09. The molecule has 0 atom stereocenters. The van der Waals surface area contributed by atoms with Crippen molar-refractivity contribution in [2.75, 3.05) is 5.33 Å². The average molecular weight is 419 g/mol. The van der Waals surface area contributed by atoms with E-state index in [2.05, 4.69) is 54.0 Å². The highest BCUT2D eigenvalue weighted by Crippen LogP contribution is 2.25. The predicted molar refractivity (Wildman–Crippen MR) is 111 cm³/mol. The Hall–Kier alpha value is -1.88. The van der Waals surface area contributed by atoms with E-state index < -0.39 is 5.97 Å². The number of rotatable bonds is 8. The number of aromatic nitrogens is 2. The van der Waals surface area contributed by atoms with E-state index in [1.54, 1.807) is 12.1 Å². The zero-order valence-corrected chi connectivity index (χ0v) is 17.5. The minimum atomic E-state index is -0.913. The van der Waals surface area contributed by atoms with E-state index in [1.807, 2.05) is 17.7 Å². The number of carboxylic acid groups (broad SMARTS) is 1. The molecule has 1 N–H and O–H groups in total. The van der Waals surface area contributed by atoms with E-state index in [4.69, 9.17) is 0 Å². The summed E-state index contributed by atoms with van der Waals surface area (Å²) >= 11 is 3.52. The Morgan fingerprint density at radius 2 is 2.08 bits per heavy atom. The van der Waals surface area contributed by atoms with E-state index >= 15 is 0 Å². The molecule has 0 fully saturated rings. The van der Waals surface area contributed by atoms with Crippen LogP contribution in [0.25, 0.3) is 10.9 Å². The average Bonchev–Trinajstić information content (AvgIpc) is 2.90. The highest BCUT2D eigenvalue weighted by atomic mass is 79.9. The molecule has 4 nitrogen and oxygen atoms in total. The molecule has 2 aromatic rings. The van der Waals surface area contributed by atoms with Crippen LogP contribution < -0.4 is 0 Å². The van der Waals surface area contributed by atoms with Gasteiger partial charge in [0.15, 0.2) is 0 Å². The third-order valence-electron chi connectivity index (χ3n) is 4.58. The van der Waals surface area contributed by atoms with Crippen LogP contribution in [0.4, 0.5) is 0 Å². The SMILES string of the molecule is C/C=C(CCC(C)C)\C(=C/CBr)Cn1nc(C)c2cc(C(=O)O)ccc21. The molecule has 2 rings (SSSR count). The van der Waals surface area contributed by atoms with Gasteiger partial charge in [0.1, 0.15) is 0 Å². The molecule has 140 valence electrons. The first-order valence-corrected chi connectivity index (χ1v) is 10.1. The van der Waals surface area contributed by atoms with Crippen molar-refractivity contribution in [3.8, 4) is 0 Å². The van der Waals surface area contributed by atoms with Gasteiger partial charge in [-0.2, -0.15) is 5.10 Å². The van der Waals surface area contributed by atoms with Crippen LogP contribution in [0.2, 0.25) is 0 Å². The molecule has 1 aromatic heterocycles. The number of hydrogen-bond acceptors (Lipinski definition) is 2. The summed E-state index contributed by atoms with van der Waals surface area (Å²) in [6.45, 7) is 9.17. The third kappa shape index (κ3) is 4.85. The molecule has 0 amide bonds. The third-order valence-corrected chi connectivity index (χ3v) is 4.90. The number of carbonyl (C=O) groups is 1. The second-order valence-corrected chi connectivity index (χ2v) is 7.56. The minimum absolute atomic E-state index is 0.294. The van der Waals surface area contributed by atoms with Gasteiger partial charge in [0.2, 0.25) is 0 Å². The molecule has 0 saturated carbocycles. The summed E-state index contributed by atoms with van der Waals surface area (Å²) in [7, 11) is 0. The Morgan fingerprint density at radius 3 is 2.65 bits per heavy atom. The van der Waals surface area contributed by atoms with Gasteiger partial charge in [-0.1, -0.05) is 41.9 Å². The molecular weight excluding hydrogens is 392 g/mol. The lowest BCUT2D eigenvalue weighted by molar-refractivity contribution is 0.0697. The number of nitrogens with zero attached hydrogens (tertiary/aromatic N) is 2. The van der Waals surface area contributed by atoms with Crippen LogP contribution in [-0.4, -0.2) is 26.2 Å². The molecule has 1 aromatic carbocycles. The van der Waals surface area contributed by atoms with E-state index in [9.17, 15) is 9.90 Å². The van der Waals surface area contributed by atoms with Gasteiger partial charge >= 0.3 is 5.97 Å². The standard InChI is InChI=1S/C21H27BrN2O2/c1-5-16(7-6-14(2)3)18(10-11-22)13-24-20-9-8-17(21(25)26)12-19(20)15(4)23-24/h5,8-10,12,14H,6-7,11,13H2,1-4H3,(H,25,26)/b16-5-,18-10-. The summed E-state index contributed by atoms with van der Waals surface area (Å²) in [4.78, 5) is 11.2. The molecule has 0 radical (unpaired) electrons. The fraction of sp³-hybridized carbons (Fsp3) is 0.429. The summed E-state index contributed by atoms with van der Waals surface area (Å²) in [5.41, 5.74) is 4.72. The van der Waals surface area contributed by atoms with Gasteiger partial charge in [-0.25, -0.2) is 4.79 Å². The van der Waals surface area contributed by atoms with Gasteiger partial charge in [-0.15, -0.1) is 0 Å². The second-order valence-electron chi connectivity index (χ2n) is 6.91. The van der Waals surface area contributed by atoms with E-state index in [0.29, 0.717) is 18.0 Å². The molecule has 0 aliphatic heterocycles. The molecule has 1 heterocycles. The maximum absolute atomic E-state index is 11.2. The van der Waals surface area contributed by atoms with Crippen molar-refractivity contribution in [3.05, 3.63) is 52.8 Å². The van der Waals surface area contributed by atoms with Crippen LogP contribution in [0, 0.1) is 12.8 Å². The number of aromatic carboxylic acids is 1. The summed E-state index contributed by atoms with van der Waals surface area (Å²) in [6.07, 6.45) is 6.59. The zero-order valence-electron chi connectivity index (χ0n) is 15.9. The number of fused-ring (bicyclic) bond motifs is 1. The summed E-state index contributed by atoms with van der Waals surface area (Å²) < 4.78 is 1.98. The highest BCUT2D eigenvalue weighted by Gasteiger charge is 2.13. The van der Waals surface area contributed by atoms with Crippen LogP contribution in [0.5, 0.6) is 0 Å². The summed E-state index contributed by atoms with van der Waals surface area (Å²) in [6, 6.07) is 5.21. The van der Waals surface area contributed by atoms with Crippen LogP contribution in [0.15, 0.2) is 41.5 Å². The van der Waals surface area contributed by atoms with E-state index in [0.717, 1.165) is 34.8 Å². The van der Waals surface area contributed by atoms with Gasteiger partial charge < -0.3 is 5.11 Å². The van der Waals surface area contributed by atoms with Crippen molar-refractivity contribution in [1.29, 1.82) is 0 Å². The van der Waals surface area contributed by atoms with Crippen molar-refractivity contribution in [3.63, 3.8) is 0 Å². The quantitative estimate of drug-likeness (QED) is 0.438. The van der Waals surface area contributed by atoms with Crippen LogP contribution in [0.1, 0.15) is 49.7 Å². The molecule has 5 heteroatoms. The predicted octanol–water partition coefficient (Wildman–Crippen LogP) is 5.75. The zero-order chi connectivity index (χ0) is 19.3. The van der Waals surface area contributed by atoms with Gasteiger partial charge in [0, 0.05) is 10.7 Å². The smallest absolute Gasteiger partial charge is 0.335 e. The van der Waals surface area contributed by atoms with Crippen molar-refractivity contribution in [2.24, 2.45) is 5.92 Å². The number of alkyl halides is 1. The van der Waals surface area contributed by atoms with Gasteiger partial charge in [-0.3, -0.25) is 4.68 Å². The van der Waals surface area contributed by atoms with Crippen LogP contribution >= 0.6 is 15.9 Å². The molecule has 0 aliphatic carbocycles. The Kier molecular flexibility index (Phi) is 7.21. The number of carboxylic acids is 1. The van der Waals surface area contributed by atoms with Crippen molar-refractivity contribution >= 4 is 32.8 Å². The van der Waals surface area contributed by atoms with Crippen LogP contribution in [-0.2, 0) is 6.54 Å². The molecule has 0 unspecified atom stereocenters. The number of halogens is 1. The lowest BCUT2D eigenvalue weighted by atomic mass is 9.96. The summed E-state index contributed by atoms with van der Waals surface area (Å²) in [5.74, 6) is -0.249. The fourth-order valence-corrected chi connectivity index (χ4v) is 3.47. The molecule has 0 spiro atoms. The Labute approximate surface area is 163 Å².